The van der Waals surface area contributed by atoms with Crippen LogP contribution in [0.2, 0.25) is 5.02 Å². The summed E-state index contributed by atoms with van der Waals surface area (Å²) in [5, 5.41) is 6.06. The van der Waals surface area contributed by atoms with E-state index in [4.69, 9.17) is 16.3 Å². The molecule has 0 aliphatic carbocycles. The Morgan fingerprint density at radius 3 is 2.50 bits per heavy atom. The van der Waals surface area contributed by atoms with Gasteiger partial charge >= 0.3 is 0 Å². The maximum absolute atomic E-state index is 6.35. The fourth-order valence-electron chi connectivity index (χ4n) is 1.98. The van der Waals surface area contributed by atoms with Crippen LogP contribution < -0.4 is 4.74 Å². The van der Waals surface area contributed by atoms with Crippen LogP contribution in [0.3, 0.4) is 0 Å². The molecule has 1 heterocycles. The van der Waals surface area contributed by atoms with E-state index in [0.717, 1.165) is 40.5 Å². The Morgan fingerprint density at radius 1 is 1.25 bits per heavy atom. The Bertz CT molecular complexity index is 566. The van der Waals surface area contributed by atoms with Gasteiger partial charge in [-0.1, -0.05) is 46.6 Å². The number of nitrogens with zero attached hydrogens (tertiary/aromatic N) is 2. The Labute approximate surface area is 133 Å². The Morgan fingerprint density at radius 2 is 1.95 bits per heavy atom. The molecule has 1 aromatic carbocycles. The first-order valence-corrected chi connectivity index (χ1v) is 8.21. The van der Waals surface area contributed by atoms with E-state index in [2.05, 4.69) is 34.9 Å². The summed E-state index contributed by atoms with van der Waals surface area (Å²) in [5.74, 6) is 0.840. The highest BCUT2D eigenvalue weighted by atomic mass is 79.9. The van der Waals surface area contributed by atoms with E-state index < -0.39 is 0 Å². The van der Waals surface area contributed by atoms with Crippen LogP contribution in [0.1, 0.15) is 30.8 Å². The summed E-state index contributed by atoms with van der Waals surface area (Å²) in [7, 11) is 0. The number of alkyl halides is 1. The molecular weight excluding hydrogens is 340 g/mol. The molecule has 0 saturated heterocycles. The molecule has 0 radical (unpaired) electrons. The van der Waals surface area contributed by atoms with Crippen LogP contribution in [0.5, 0.6) is 5.75 Å². The number of benzene rings is 1. The highest BCUT2D eigenvalue weighted by Gasteiger charge is 2.14. The number of rotatable bonds is 6. The van der Waals surface area contributed by atoms with Crippen LogP contribution in [0.25, 0.3) is 0 Å². The molecule has 5 heteroatoms. The predicted octanol–water partition coefficient (Wildman–Crippen LogP) is 4.59. The van der Waals surface area contributed by atoms with Gasteiger partial charge in [-0.2, -0.15) is 5.10 Å². The van der Waals surface area contributed by atoms with Crippen molar-refractivity contribution in [2.24, 2.45) is 0 Å². The lowest BCUT2D eigenvalue weighted by Crippen LogP contribution is -2.06. The van der Waals surface area contributed by atoms with Gasteiger partial charge in [-0.05, 0) is 31.0 Å². The van der Waals surface area contributed by atoms with Gasteiger partial charge in [0.2, 0.25) is 0 Å². The second-order valence-corrected chi connectivity index (χ2v) is 5.38. The summed E-state index contributed by atoms with van der Waals surface area (Å²) >= 11 is 9.78. The lowest BCUT2D eigenvalue weighted by Gasteiger charge is -2.08. The van der Waals surface area contributed by atoms with Crippen molar-refractivity contribution in [2.45, 2.75) is 38.8 Å². The molecule has 0 unspecified atom stereocenters. The summed E-state index contributed by atoms with van der Waals surface area (Å²) in [5.41, 5.74) is 3.10. The molecule has 0 aliphatic heterocycles. The molecule has 1 aromatic heterocycles. The third-order valence-electron chi connectivity index (χ3n) is 3.15. The smallest absolute Gasteiger partial charge is 0.131 e. The molecule has 0 N–H and O–H groups in total. The van der Waals surface area contributed by atoms with Crippen LogP contribution in [0.15, 0.2) is 24.3 Å². The molecule has 20 heavy (non-hydrogen) atoms. The van der Waals surface area contributed by atoms with Crippen LogP contribution in [-0.2, 0) is 24.9 Å². The lowest BCUT2D eigenvalue weighted by molar-refractivity contribution is 0.292. The third kappa shape index (κ3) is 3.36. The fourth-order valence-corrected chi connectivity index (χ4v) is 2.68. The number of aromatic nitrogens is 2. The highest BCUT2D eigenvalue weighted by Crippen LogP contribution is 2.23. The number of hydrogen-bond acceptors (Lipinski definition) is 2. The first-order chi connectivity index (χ1) is 9.69. The van der Waals surface area contributed by atoms with E-state index in [1.165, 1.54) is 5.56 Å². The minimum atomic E-state index is 0.438. The number of halogens is 2. The van der Waals surface area contributed by atoms with Gasteiger partial charge in [0.25, 0.3) is 0 Å². The first kappa shape index (κ1) is 15.4. The zero-order chi connectivity index (χ0) is 14.5. The standard InChI is InChI=1S/C15H18BrClN2O/c1-3-13-15(17)14(19(4-2)18-13)10-20-12-7-5-11(9-16)6-8-12/h5-8H,3-4,9-10H2,1-2H3. The third-order valence-corrected chi connectivity index (χ3v) is 4.23. The van der Waals surface area contributed by atoms with Crippen molar-refractivity contribution >= 4 is 27.5 Å². The topological polar surface area (TPSA) is 27.1 Å². The molecule has 2 rings (SSSR count). The second-order valence-electron chi connectivity index (χ2n) is 4.44. The van der Waals surface area contributed by atoms with E-state index in [1.54, 1.807) is 0 Å². The highest BCUT2D eigenvalue weighted by molar-refractivity contribution is 9.08. The molecule has 0 spiro atoms. The molecule has 0 amide bonds. The van der Waals surface area contributed by atoms with Gasteiger partial charge in [0, 0.05) is 11.9 Å². The minimum Gasteiger partial charge on any atom is -0.487 e. The van der Waals surface area contributed by atoms with E-state index in [1.807, 2.05) is 28.9 Å². The van der Waals surface area contributed by atoms with Crippen molar-refractivity contribution in [2.75, 3.05) is 0 Å². The maximum atomic E-state index is 6.35. The van der Waals surface area contributed by atoms with Crippen LogP contribution >= 0.6 is 27.5 Å². The van der Waals surface area contributed by atoms with Crippen LogP contribution in [-0.4, -0.2) is 9.78 Å². The Balaban J connectivity index is 2.11. The normalized spacial score (nSPS) is 10.8. The van der Waals surface area contributed by atoms with E-state index in [9.17, 15) is 0 Å². The molecule has 0 fully saturated rings. The molecule has 108 valence electrons. The maximum Gasteiger partial charge on any atom is 0.131 e. The van der Waals surface area contributed by atoms with Crippen molar-refractivity contribution in [3.8, 4) is 5.75 Å². The van der Waals surface area contributed by atoms with Gasteiger partial charge in [0.05, 0.1) is 16.4 Å². The zero-order valence-corrected chi connectivity index (χ0v) is 14.0. The largest absolute Gasteiger partial charge is 0.487 e. The summed E-state index contributed by atoms with van der Waals surface area (Å²) in [6.07, 6.45) is 0.832. The number of ether oxygens (including phenoxy) is 1. The van der Waals surface area contributed by atoms with Gasteiger partial charge in [0.1, 0.15) is 12.4 Å². The van der Waals surface area contributed by atoms with Gasteiger partial charge in [-0.25, -0.2) is 0 Å². The van der Waals surface area contributed by atoms with Crippen molar-refractivity contribution in [1.82, 2.24) is 9.78 Å². The molecule has 0 aliphatic rings. The van der Waals surface area contributed by atoms with Crippen molar-refractivity contribution < 1.29 is 4.74 Å². The van der Waals surface area contributed by atoms with E-state index in [0.29, 0.717) is 6.61 Å². The summed E-state index contributed by atoms with van der Waals surface area (Å²) < 4.78 is 7.72. The molecule has 0 bridgehead atoms. The van der Waals surface area contributed by atoms with Crippen molar-refractivity contribution in [1.29, 1.82) is 0 Å². The fraction of sp³-hybridized carbons (Fsp3) is 0.400. The van der Waals surface area contributed by atoms with Crippen LogP contribution in [0.4, 0.5) is 0 Å². The summed E-state index contributed by atoms with van der Waals surface area (Å²) in [4.78, 5) is 0. The minimum absolute atomic E-state index is 0.438. The molecule has 3 nitrogen and oxygen atoms in total. The van der Waals surface area contributed by atoms with Gasteiger partial charge in [-0.15, -0.1) is 0 Å². The molecule has 2 aromatic rings. The van der Waals surface area contributed by atoms with E-state index >= 15 is 0 Å². The average molecular weight is 358 g/mol. The lowest BCUT2D eigenvalue weighted by atomic mass is 10.2. The molecule has 0 atom stereocenters. The van der Waals surface area contributed by atoms with E-state index in [-0.39, 0.29) is 0 Å². The zero-order valence-electron chi connectivity index (χ0n) is 11.7. The van der Waals surface area contributed by atoms with Crippen molar-refractivity contribution in [3.63, 3.8) is 0 Å². The Kier molecular flexibility index (Phi) is 5.49. The van der Waals surface area contributed by atoms with Gasteiger partial charge in [-0.3, -0.25) is 4.68 Å². The first-order valence-electron chi connectivity index (χ1n) is 6.71. The predicted molar refractivity (Wildman–Crippen MR) is 85.7 cm³/mol. The number of aryl methyl sites for hydroxylation is 2. The second kappa shape index (κ2) is 7.14. The number of hydrogen-bond donors (Lipinski definition) is 0. The van der Waals surface area contributed by atoms with Crippen LogP contribution in [0, 0.1) is 0 Å². The van der Waals surface area contributed by atoms with Crippen molar-refractivity contribution in [3.05, 3.63) is 46.2 Å². The summed E-state index contributed by atoms with van der Waals surface area (Å²) in [6, 6.07) is 8.02. The van der Waals surface area contributed by atoms with Gasteiger partial charge in [0.15, 0.2) is 0 Å². The SMILES string of the molecule is CCc1nn(CC)c(COc2ccc(CBr)cc2)c1Cl. The monoisotopic (exact) mass is 356 g/mol. The summed E-state index contributed by atoms with van der Waals surface area (Å²) in [6.45, 7) is 5.34. The molecule has 0 saturated carbocycles. The Hall–Kier alpha value is -1.000. The quantitative estimate of drug-likeness (QED) is 0.707. The average Bonchev–Trinajstić information content (AvgIpc) is 2.81. The van der Waals surface area contributed by atoms with Gasteiger partial charge < -0.3 is 4.74 Å². The molecular formula is C15H18BrClN2O.